The average Bonchev–Trinajstić information content (AvgIpc) is 3.05. The predicted octanol–water partition coefficient (Wildman–Crippen LogP) is 1.80. The van der Waals surface area contributed by atoms with Gasteiger partial charge in [0.25, 0.3) is 0 Å². The molecule has 2 saturated heterocycles. The summed E-state index contributed by atoms with van der Waals surface area (Å²) in [4.78, 5) is 13.6. The van der Waals surface area contributed by atoms with Crippen LogP contribution in [0.5, 0.6) is 0 Å². The maximum Gasteiger partial charge on any atom is 0.223 e. The monoisotopic (exact) mass is 317 g/mol. The number of hydrogen-bond donors (Lipinski definition) is 1. The van der Waals surface area contributed by atoms with Crippen molar-refractivity contribution in [3.05, 3.63) is 29.6 Å². The second-order valence-corrected chi connectivity index (χ2v) is 6.23. The van der Waals surface area contributed by atoms with Crippen LogP contribution < -0.4 is 10.6 Å². The van der Waals surface area contributed by atoms with Crippen molar-refractivity contribution in [1.29, 1.82) is 5.26 Å². The van der Waals surface area contributed by atoms with Crippen molar-refractivity contribution in [2.45, 2.75) is 25.4 Å². The molecule has 2 aliphatic heterocycles. The Kier molecular flexibility index (Phi) is 4.49. The van der Waals surface area contributed by atoms with Crippen LogP contribution in [0.15, 0.2) is 18.2 Å². The van der Waals surface area contributed by atoms with Crippen LogP contribution >= 0.6 is 0 Å². The van der Waals surface area contributed by atoms with Gasteiger partial charge < -0.3 is 15.4 Å². The zero-order valence-corrected chi connectivity index (χ0v) is 12.9. The molecule has 5 nitrogen and oxygen atoms in total. The van der Waals surface area contributed by atoms with Gasteiger partial charge in [0.1, 0.15) is 11.9 Å². The van der Waals surface area contributed by atoms with Crippen molar-refractivity contribution in [2.24, 2.45) is 17.6 Å². The van der Waals surface area contributed by atoms with Crippen molar-refractivity contribution >= 4 is 11.6 Å². The van der Waals surface area contributed by atoms with Crippen molar-refractivity contribution < 1.29 is 13.9 Å². The Morgan fingerprint density at radius 3 is 2.74 bits per heavy atom. The molecule has 0 unspecified atom stereocenters. The van der Waals surface area contributed by atoms with Gasteiger partial charge in [-0.15, -0.1) is 0 Å². The lowest BCUT2D eigenvalue weighted by Crippen LogP contribution is -2.42. The lowest BCUT2D eigenvalue weighted by atomic mass is 9.83. The highest BCUT2D eigenvalue weighted by molar-refractivity contribution is 5.77. The maximum atomic E-state index is 13.3. The van der Waals surface area contributed by atoms with Crippen LogP contribution in [0, 0.1) is 29.0 Å². The normalized spacial score (nSPS) is 25.3. The lowest BCUT2D eigenvalue weighted by Gasteiger charge is -2.37. The standard InChI is InChI=1S/C17H20FN3O2/c18-13-1-2-15(12(9-13)10-19)21-6-3-11(4-7-21)16-14(17(20)22)5-8-23-16/h1-2,9,11,14,16H,3-8H2,(H2,20,22)/t14-,16+/m0/s1. The minimum atomic E-state index is -0.399. The number of piperidine rings is 1. The highest BCUT2D eigenvalue weighted by Gasteiger charge is 2.39. The van der Waals surface area contributed by atoms with Gasteiger partial charge >= 0.3 is 0 Å². The lowest BCUT2D eigenvalue weighted by molar-refractivity contribution is -0.124. The fourth-order valence-corrected chi connectivity index (χ4v) is 3.72. The van der Waals surface area contributed by atoms with Gasteiger partial charge in [-0.3, -0.25) is 4.79 Å². The van der Waals surface area contributed by atoms with Crippen LogP contribution in [0.1, 0.15) is 24.8 Å². The molecule has 0 spiro atoms. The minimum Gasteiger partial charge on any atom is -0.377 e. The Hall–Kier alpha value is -2.13. The molecule has 2 aliphatic rings. The number of nitrogens with two attached hydrogens (primary N) is 1. The molecule has 0 radical (unpaired) electrons. The fraction of sp³-hybridized carbons (Fsp3) is 0.529. The summed E-state index contributed by atoms with van der Waals surface area (Å²) in [6.45, 7) is 2.11. The van der Waals surface area contributed by atoms with Gasteiger partial charge in [-0.2, -0.15) is 5.26 Å². The van der Waals surface area contributed by atoms with Gasteiger partial charge in [0, 0.05) is 19.7 Å². The van der Waals surface area contributed by atoms with E-state index in [1.807, 2.05) is 0 Å². The summed E-state index contributed by atoms with van der Waals surface area (Å²) in [6.07, 6.45) is 2.36. The first-order valence-electron chi connectivity index (χ1n) is 7.95. The Balaban J connectivity index is 1.67. The van der Waals surface area contributed by atoms with Crippen molar-refractivity contribution in [1.82, 2.24) is 0 Å². The molecular weight excluding hydrogens is 297 g/mol. The first-order valence-corrected chi connectivity index (χ1v) is 7.95. The molecule has 2 N–H and O–H groups in total. The molecule has 0 bridgehead atoms. The largest absolute Gasteiger partial charge is 0.377 e. The van der Waals surface area contributed by atoms with Crippen molar-refractivity contribution in [3.8, 4) is 6.07 Å². The molecule has 1 aromatic carbocycles. The summed E-state index contributed by atoms with van der Waals surface area (Å²) in [5.74, 6) is -0.562. The summed E-state index contributed by atoms with van der Waals surface area (Å²) < 4.78 is 19.0. The molecule has 23 heavy (non-hydrogen) atoms. The van der Waals surface area contributed by atoms with E-state index in [2.05, 4.69) is 11.0 Å². The summed E-state index contributed by atoms with van der Waals surface area (Å²) >= 11 is 0. The number of anilines is 1. The molecule has 2 heterocycles. The average molecular weight is 317 g/mol. The first-order chi connectivity index (χ1) is 11.1. The Morgan fingerprint density at radius 2 is 2.09 bits per heavy atom. The summed E-state index contributed by atoms with van der Waals surface area (Å²) in [5.41, 5.74) is 6.59. The molecule has 0 aromatic heterocycles. The zero-order valence-electron chi connectivity index (χ0n) is 12.9. The van der Waals surface area contributed by atoms with E-state index < -0.39 is 5.82 Å². The number of benzene rings is 1. The highest BCUT2D eigenvalue weighted by atomic mass is 19.1. The second-order valence-electron chi connectivity index (χ2n) is 6.23. The van der Waals surface area contributed by atoms with Crippen LogP contribution in [0.4, 0.5) is 10.1 Å². The third kappa shape index (κ3) is 3.15. The summed E-state index contributed by atoms with van der Waals surface area (Å²) in [5, 5.41) is 9.18. The molecule has 2 atom stereocenters. The second kappa shape index (κ2) is 6.55. The van der Waals surface area contributed by atoms with Gasteiger partial charge in [0.2, 0.25) is 5.91 Å². The molecule has 122 valence electrons. The number of nitrogens with zero attached hydrogens (tertiary/aromatic N) is 2. The first kappa shape index (κ1) is 15.8. The summed E-state index contributed by atoms with van der Waals surface area (Å²) in [7, 11) is 0. The Morgan fingerprint density at radius 1 is 1.35 bits per heavy atom. The molecule has 0 aliphatic carbocycles. The Bertz CT molecular complexity index is 635. The van der Waals surface area contributed by atoms with Gasteiger partial charge in [-0.25, -0.2) is 4.39 Å². The van der Waals surface area contributed by atoms with Gasteiger partial charge in [0.15, 0.2) is 0 Å². The number of ether oxygens (including phenoxy) is 1. The minimum absolute atomic E-state index is 0.0849. The van der Waals surface area contributed by atoms with E-state index in [-0.39, 0.29) is 17.9 Å². The molecule has 0 saturated carbocycles. The highest BCUT2D eigenvalue weighted by Crippen LogP contribution is 2.34. The van der Waals surface area contributed by atoms with Crippen LogP contribution in [-0.4, -0.2) is 31.7 Å². The number of carbonyl (C=O) groups is 1. The van der Waals surface area contributed by atoms with Gasteiger partial charge in [-0.05, 0) is 43.4 Å². The quantitative estimate of drug-likeness (QED) is 0.922. The molecular formula is C17H20FN3O2. The number of primary amides is 1. The number of carbonyl (C=O) groups excluding carboxylic acids is 1. The van der Waals surface area contributed by atoms with E-state index in [4.69, 9.17) is 10.5 Å². The molecule has 1 aromatic rings. The van der Waals surface area contributed by atoms with Gasteiger partial charge in [0.05, 0.1) is 23.3 Å². The third-order valence-corrected chi connectivity index (χ3v) is 4.93. The number of nitriles is 1. The topological polar surface area (TPSA) is 79.3 Å². The van der Waals surface area contributed by atoms with E-state index in [1.54, 1.807) is 6.07 Å². The number of hydrogen-bond acceptors (Lipinski definition) is 4. The Labute approximate surface area is 134 Å². The van der Waals surface area contributed by atoms with Crippen LogP contribution in [-0.2, 0) is 9.53 Å². The van der Waals surface area contributed by atoms with E-state index >= 15 is 0 Å². The third-order valence-electron chi connectivity index (χ3n) is 4.93. The number of halogens is 1. The van der Waals surface area contributed by atoms with E-state index in [9.17, 15) is 14.4 Å². The van der Waals surface area contributed by atoms with Crippen molar-refractivity contribution in [2.75, 3.05) is 24.6 Å². The number of rotatable bonds is 3. The zero-order chi connectivity index (χ0) is 16.4. The fourth-order valence-electron chi connectivity index (χ4n) is 3.72. The van der Waals surface area contributed by atoms with Crippen molar-refractivity contribution in [3.63, 3.8) is 0 Å². The van der Waals surface area contributed by atoms with Crippen LogP contribution in [0.2, 0.25) is 0 Å². The number of amides is 1. The molecule has 2 fully saturated rings. The summed E-state index contributed by atoms with van der Waals surface area (Å²) in [6, 6.07) is 6.36. The molecule has 3 rings (SSSR count). The smallest absolute Gasteiger partial charge is 0.223 e. The molecule has 1 amide bonds. The van der Waals surface area contributed by atoms with Crippen LogP contribution in [0.25, 0.3) is 0 Å². The SMILES string of the molecule is N#Cc1cc(F)ccc1N1CCC([C@H]2OCC[C@@H]2C(N)=O)CC1. The maximum absolute atomic E-state index is 13.3. The van der Waals surface area contributed by atoms with E-state index in [1.165, 1.54) is 12.1 Å². The van der Waals surface area contributed by atoms with Crippen LogP contribution in [0.3, 0.4) is 0 Å². The predicted molar refractivity (Wildman–Crippen MR) is 83.1 cm³/mol. The molecule has 6 heteroatoms. The van der Waals surface area contributed by atoms with E-state index in [0.29, 0.717) is 24.5 Å². The van der Waals surface area contributed by atoms with E-state index in [0.717, 1.165) is 31.6 Å². The van der Waals surface area contributed by atoms with Gasteiger partial charge in [-0.1, -0.05) is 0 Å².